The van der Waals surface area contributed by atoms with E-state index in [-0.39, 0.29) is 6.04 Å². The van der Waals surface area contributed by atoms with E-state index in [4.69, 9.17) is 5.73 Å². The lowest BCUT2D eigenvalue weighted by atomic mass is 10.1. The van der Waals surface area contributed by atoms with Crippen LogP contribution in [0.5, 0.6) is 0 Å². The Morgan fingerprint density at radius 2 is 2.00 bits per heavy atom. The zero-order chi connectivity index (χ0) is 13.2. The molecule has 3 rings (SSSR count). The molecule has 0 saturated carbocycles. The number of aryl methyl sites for hydroxylation is 1. The molecule has 0 bridgehead atoms. The van der Waals surface area contributed by atoms with E-state index >= 15 is 0 Å². The van der Waals surface area contributed by atoms with Crippen molar-refractivity contribution < 1.29 is 0 Å². The van der Waals surface area contributed by atoms with Gasteiger partial charge in [0.1, 0.15) is 0 Å². The molecule has 1 aromatic carbocycles. The van der Waals surface area contributed by atoms with E-state index in [0.29, 0.717) is 12.5 Å². The fourth-order valence-electron chi connectivity index (χ4n) is 2.34. The second kappa shape index (κ2) is 4.72. The highest BCUT2D eigenvalue weighted by Gasteiger charge is 2.28. The Morgan fingerprint density at radius 3 is 2.68 bits per heavy atom. The number of rotatable bonds is 2. The van der Waals surface area contributed by atoms with Crippen molar-refractivity contribution in [1.29, 1.82) is 0 Å². The maximum absolute atomic E-state index is 6.03. The van der Waals surface area contributed by atoms with Gasteiger partial charge in [-0.05, 0) is 30.7 Å². The standard InChI is InChI=1S/C15H16N4/c1-11-4-6-13(7-5-11)19-14(10-18-15(19)16)12-3-2-8-17-9-12/h2-9,14H,10H2,1H3,(H2,16,18). The maximum atomic E-state index is 6.03. The highest BCUT2D eigenvalue weighted by Crippen LogP contribution is 2.30. The molecule has 0 spiro atoms. The van der Waals surface area contributed by atoms with Crippen LogP contribution in [0.2, 0.25) is 0 Å². The first-order valence-electron chi connectivity index (χ1n) is 6.31. The van der Waals surface area contributed by atoms with E-state index in [0.717, 1.165) is 11.3 Å². The van der Waals surface area contributed by atoms with Crippen molar-refractivity contribution in [2.45, 2.75) is 13.0 Å². The van der Waals surface area contributed by atoms with Crippen molar-refractivity contribution in [2.75, 3.05) is 11.4 Å². The molecule has 4 nitrogen and oxygen atoms in total. The van der Waals surface area contributed by atoms with Crippen molar-refractivity contribution in [3.63, 3.8) is 0 Å². The summed E-state index contributed by atoms with van der Waals surface area (Å²) in [5.74, 6) is 0.567. The van der Waals surface area contributed by atoms with Crippen LogP contribution >= 0.6 is 0 Å². The molecule has 0 saturated heterocycles. The van der Waals surface area contributed by atoms with Gasteiger partial charge in [0.15, 0.2) is 5.96 Å². The molecule has 96 valence electrons. The van der Waals surface area contributed by atoms with Gasteiger partial charge in [0.05, 0.1) is 12.6 Å². The van der Waals surface area contributed by atoms with Gasteiger partial charge < -0.3 is 10.6 Å². The van der Waals surface area contributed by atoms with Crippen molar-refractivity contribution in [2.24, 2.45) is 10.7 Å². The molecule has 0 aliphatic carbocycles. The predicted molar refractivity (Wildman–Crippen MR) is 77.1 cm³/mol. The summed E-state index contributed by atoms with van der Waals surface area (Å²) in [6.07, 6.45) is 3.65. The summed E-state index contributed by atoms with van der Waals surface area (Å²) in [6, 6.07) is 12.5. The summed E-state index contributed by atoms with van der Waals surface area (Å²) in [7, 11) is 0. The van der Waals surface area contributed by atoms with E-state index in [1.807, 2.05) is 12.3 Å². The quantitative estimate of drug-likeness (QED) is 0.892. The van der Waals surface area contributed by atoms with Crippen LogP contribution in [0.4, 0.5) is 5.69 Å². The van der Waals surface area contributed by atoms with Crippen LogP contribution in [0.1, 0.15) is 17.2 Å². The Balaban J connectivity index is 1.97. The van der Waals surface area contributed by atoms with Crippen LogP contribution < -0.4 is 10.6 Å². The Morgan fingerprint density at radius 1 is 1.21 bits per heavy atom. The van der Waals surface area contributed by atoms with E-state index < -0.39 is 0 Å². The molecule has 1 aliphatic rings. The SMILES string of the molecule is Cc1ccc(N2C(N)=NCC2c2cccnc2)cc1. The first-order chi connectivity index (χ1) is 9.25. The number of aromatic nitrogens is 1. The Hall–Kier alpha value is -2.36. The zero-order valence-corrected chi connectivity index (χ0v) is 10.8. The van der Waals surface area contributed by atoms with E-state index in [2.05, 4.69) is 52.1 Å². The zero-order valence-electron chi connectivity index (χ0n) is 10.8. The lowest BCUT2D eigenvalue weighted by molar-refractivity contribution is 0.764. The number of hydrogen-bond acceptors (Lipinski definition) is 4. The molecule has 1 aromatic heterocycles. The maximum Gasteiger partial charge on any atom is 0.196 e. The Kier molecular flexibility index (Phi) is 2.91. The molecule has 1 atom stereocenters. The van der Waals surface area contributed by atoms with Crippen LogP contribution in [-0.4, -0.2) is 17.5 Å². The fraction of sp³-hybridized carbons (Fsp3) is 0.200. The number of benzene rings is 1. The summed E-state index contributed by atoms with van der Waals surface area (Å²) in [5.41, 5.74) is 9.46. The number of nitrogens with zero attached hydrogens (tertiary/aromatic N) is 3. The number of hydrogen-bond donors (Lipinski definition) is 1. The fourth-order valence-corrected chi connectivity index (χ4v) is 2.34. The lowest BCUT2D eigenvalue weighted by Gasteiger charge is -2.26. The van der Waals surface area contributed by atoms with Gasteiger partial charge >= 0.3 is 0 Å². The van der Waals surface area contributed by atoms with Gasteiger partial charge in [0.2, 0.25) is 0 Å². The number of anilines is 1. The third-order valence-corrected chi connectivity index (χ3v) is 3.37. The average molecular weight is 252 g/mol. The van der Waals surface area contributed by atoms with Crippen molar-refractivity contribution in [1.82, 2.24) is 4.98 Å². The number of aliphatic imine (C=N–C) groups is 1. The van der Waals surface area contributed by atoms with E-state index in [1.54, 1.807) is 6.20 Å². The normalized spacial score (nSPS) is 18.5. The first-order valence-corrected chi connectivity index (χ1v) is 6.31. The minimum atomic E-state index is 0.136. The predicted octanol–water partition coefficient (Wildman–Crippen LogP) is 2.27. The van der Waals surface area contributed by atoms with Gasteiger partial charge in [-0.3, -0.25) is 9.98 Å². The Labute approximate surface area is 112 Å². The molecule has 4 heteroatoms. The van der Waals surface area contributed by atoms with Crippen LogP contribution in [-0.2, 0) is 0 Å². The molecule has 0 fully saturated rings. The summed E-state index contributed by atoms with van der Waals surface area (Å²) < 4.78 is 0. The second-order valence-corrected chi connectivity index (χ2v) is 4.71. The molecule has 2 N–H and O–H groups in total. The highest BCUT2D eigenvalue weighted by molar-refractivity contribution is 5.97. The summed E-state index contributed by atoms with van der Waals surface area (Å²) >= 11 is 0. The molecule has 19 heavy (non-hydrogen) atoms. The minimum Gasteiger partial charge on any atom is -0.369 e. The average Bonchev–Trinajstić information content (AvgIpc) is 2.83. The monoisotopic (exact) mass is 252 g/mol. The van der Waals surface area contributed by atoms with Gasteiger partial charge in [-0.25, -0.2) is 0 Å². The van der Waals surface area contributed by atoms with Crippen molar-refractivity contribution in [3.05, 3.63) is 59.9 Å². The molecule has 2 heterocycles. The third-order valence-electron chi connectivity index (χ3n) is 3.37. The first kappa shape index (κ1) is 11.7. The van der Waals surface area contributed by atoms with Gasteiger partial charge in [-0.15, -0.1) is 0 Å². The molecule has 1 aliphatic heterocycles. The lowest BCUT2D eigenvalue weighted by Crippen LogP contribution is -2.36. The van der Waals surface area contributed by atoms with Crippen LogP contribution in [0, 0.1) is 6.92 Å². The smallest absolute Gasteiger partial charge is 0.196 e. The van der Waals surface area contributed by atoms with E-state index in [9.17, 15) is 0 Å². The molecule has 2 aromatic rings. The van der Waals surface area contributed by atoms with Gasteiger partial charge in [-0.1, -0.05) is 23.8 Å². The summed E-state index contributed by atoms with van der Waals surface area (Å²) in [6.45, 7) is 2.75. The largest absolute Gasteiger partial charge is 0.369 e. The molecular weight excluding hydrogens is 236 g/mol. The van der Waals surface area contributed by atoms with Crippen LogP contribution in [0.3, 0.4) is 0 Å². The minimum absolute atomic E-state index is 0.136. The molecule has 0 radical (unpaired) electrons. The van der Waals surface area contributed by atoms with Crippen molar-refractivity contribution >= 4 is 11.6 Å². The van der Waals surface area contributed by atoms with Gasteiger partial charge in [0, 0.05) is 18.1 Å². The third kappa shape index (κ3) is 2.17. The summed E-state index contributed by atoms with van der Waals surface area (Å²) in [4.78, 5) is 10.6. The Bertz CT molecular complexity index is 589. The van der Waals surface area contributed by atoms with Gasteiger partial charge in [0.25, 0.3) is 0 Å². The van der Waals surface area contributed by atoms with Crippen molar-refractivity contribution in [3.8, 4) is 0 Å². The number of guanidine groups is 1. The number of pyridine rings is 1. The molecule has 0 amide bonds. The van der Waals surface area contributed by atoms with Gasteiger partial charge in [-0.2, -0.15) is 0 Å². The van der Waals surface area contributed by atoms with E-state index in [1.165, 1.54) is 5.56 Å². The highest BCUT2D eigenvalue weighted by atomic mass is 15.3. The molecule has 1 unspecified atom stereocenters. The summed E-state index contributed by atoms with van der Waals surface area (Å²) in [5, 5.41) is 0. The molecular formula is C15H16N4. The topological polar surface area (TPSA) is 54.5 Å². The number of nitrogens with two attached hydrogens (primary N) is 1. The second-order valence-electron chi connectivity index (χ2n) is 4.71. The van der Waals surface area contributed by atoms with Crippen LogP contribution in [0.25, 0.3) is 0 Å². The van der Waals surface area contributed by atoms with Crippen LogP contribution in [0.15, 0.2) is 53.8 Å².